The number of hydrogen-bond acceptors (Lipinski definition) is 4. The first-order chi connectivity index (χ1) is 10.0. The van der Waals surface area contributed by atoms with Crippen LogP contribution in [-0.4, -0.2) is 38.9 Å². The van der Waals surface area contributed by atoms with Crippen molar-refractivity contribution in [2.75, 3.05) is 20.1 Å². The van der Waals surface area contributed by atoms with E-state index in [4.69, 9.17) is 11.6 Å². The molecule has 2 aromatic rings. The fraction of sp³-hybridized carbons (Fsp3) is 0.429. The predicted molar refractivity (Wildman–Crippen MR) is 87.7 cm³/mol. The lowest BCUT2D eigenvalue weighted by molar-refractivity contribution is 0.298. The average molecular weight is 345 g/mol. The Bertz CT molecular complexity index is 749. The number of thiophene rings is 1. The van der Waals surface area contributed by atoms with E-state index >= 15 is 0 Å². The molecule has 0 aliphatic carbocycles. The molecule has 2 heterocycles. The van der Waals surface area contributed by atoms with Crippen LogP contribution in [-0.2, 0) is 10.0 Å². The topological polar surface area (TPSA) is 49.4 Å². The summed E-state index contributed by atoms with van der Waals surface area (Å²) in [6, 6.07) is 5.80. The van der Waals surface area contributed by atoms with Gasteiger partial charge in [0, 0.05) is 39.6 Å². The summed E-state index contributed by atoms with van der Waals surface area (Å²) < 4.78 is 28.2. The average Bonchev–Trinajstić information content (AvgIpc) is 2.91. The van der Waals surface area contributed by atoms with Gasteiger partial charge in [-0.25, -0.2) is 8.42 Å². The maximum absolute atomic E-state index is 12.8. The number of piperidine rings is 1. The van der Waals surface area contributed by atoms with Gasteiger partial charge in [-0.05, 0) is 38.1 Å². The van der Waals surface area contributed by atoms with Gasteiger partial charge >= 0.3 is 0 Å². The molecule has 0 spiro atoms. The van der Waals surface area contributed by atoms with E-state index in [9.17, 15) is 8.42 Å². The van der Waals surface area contributed by atoms with E-state index in [2.05, 4.69) is 5.32 Å². The Kier molecular flexibility index (Phi) is 4.25. The lowest BCUT2D eigenvalue weighted by atomic mass is 10.1. The molecule has 1 aliphatic heterocycles. The van der Waals surface area contributed by atoms with Crippen LogP contribution in [0.4, 0.5) is 0 Å². The molecule has 1 N–H and O–H groups in total. The normalized spacial score (nSPS) is 18.4. The van der Waals surface area contributed by atoms with Crippen LogP contribution in [0.3, 0.4) is 0 Å². The molecular weight excluding hydrogens is 328 g/mol. The van der Waals surface area contributed by atoms with Crippen molar-refractivity contribution in [3.8, 4) is 0 Å². The van der Waals surface area contributed by atoms with Crippen LogP contribution in [0.2, 0.25) is 5.02 Å². The monoisotopic (exact) mass is 344 g/mol. The van der Waals surface area contributed by atoms with E-state index in [1.54, 1.807) is 21.8 Å². The van der Waals surface area contributed by atoms with Crippen LogP contribution < -0.4 is 5.32 Å². The highest BCUT2D eigenvalue weighted by Gasteiger charge is 2.30. The van der Waals surface area contributed by atoms with Gasteiger partial charge in [-0.15, -0.1) is 11.3 Å². The Morgan fingerprint density at radius 3 is 2.71 bits per heavy atom. The second-order valence-corrected chi connectivity index (χ2v) is 8.46. The molecule has 7 heteroatoms. The third-order valence-corrected chi connectivity index (χ3v) is 7.27. The lowest BCUT2D eigenvalue weighted by Crippen LogP contribution is -2.43. The van der Waals surface area contributed by atoms with E-state index in [0.717, 1.165) is 22.9 Å². The zero-order chi connectivity index (χ0) is 15.0. The molecule has 0 unspecified atom stereocenters. The first kappa shape index (κ1) is 15.2. The standard InChI is InChI=1S/C14H17ClN2O2S2/c1-16-11-4-6-17(7-5-11)21(18,19)14-9-20-13-3-2-10(15)8-12(13)14/h2-3,8-9,11,16H,4-7H2,1H3. The molecule has 4 nitrogen and oxygen atoms in total. The van der Waals surface area contributed by atoms with Gasteiger partial charge in [0.05, 0.1) is 0 Å². The summed E-state index contributed by atoms with van der Waals surface area (Å²) in [5.41, 5.74) is 0. The second kappa shape index (κ2) is 5.85. The van der Waals surface area contributed by atoms with Crippen molar-refractivity contribution >= 4 is 43.0 Å². The summed E-state index contributed by atoms with van der Waals surface area (Å²) in [5.74, 6) is 0. The van der Waals surface area contributed by atoms with Gasteiger partial charge in [-0.3, -0.25) is 0 Å². The summed E-state index contributed by atoms with van der Waals surface area (Å²) in [7, 11) is -1.52. The van der Waals surface area contributed by atoms with Crippen molar-refractivity contribution in [1.82, 2.24) is 9.62 Å². The second-order valence-electron chi connectivity index (χ2n) is 5.21. The van der Waals surface area contributed by atoms with Gasteiger partial charge in [0.1, 0.15) is 4.90 Å². The molecule has 1 fully saturated rings. The summed E-state index contributed by atoms with van der Waals surface area (Å²) in [4.78, 5) is 0.382. The molecule has 1 aromatic heterocycles. The molecule has 1 aromatic carbocycles. The number of sulfonamides is 1. The quantitative estimate of drug-likeness (QED) is 0.931. The molecule has 21 heavy (non-hydrogen) atoms. The maximum Gasteiger partial charge on any atom is 0.244 e. The van der Waals surface area contributed by atoms with Gasteiger partial charge < -0.3 is 5.32 Å². The maximum atomic E-state index is 12.8. The summed E-state index contributed by atoms with van der Waals surface area (Å²) in [6.07, 6.45) is 1.69. The fourth-order valence-corrected chi connectivity index (χ4v) is 5.79. The van der Waals surface area contributed by atoms with Crippen LogP contribution in [0.5, 0.6) is 0 Å². The van der Waals surface area contributed by atoms with Crippen molar-refractivity contribution in [2.24, 2.45) is 0 Å². The zero-order valence-electron chi connectivity index (χ0n) is 11.7. The zero-order valence-corrected chi connectivity index (χ0v) is 14.1. The van der Waals surface area contributed by atoms with Crippen LogP contribution in [0.15, 0.2) is 28.5 Å². The highest BCUT2D eigenvalue weighted by molar-refractivity contribution is 7.89. The van der Waals surface area contributed by atoms with Gasteiger partial charge in [0.25, 0.3) is 0 Å². The third-order valence-electron chi connectivity index (χ3n) is 3.98. The van der Waals surface area contributed by atoms with E-state index in [1.165, 1.54) is 11.3 Å². The van der Waals surface area contributed by atoms with E-state index in [-0.39, 0.29) is 0 Å². The first-order valence-corrected chi connectivity index (χ1v) is 9.56. The predicted octanol–water partition coefficient (Wildman–Crippen LogP) is 2.93. The number of hydrogen-bond donors (Lipinski definition) is 1. The van der Waals surface area contributed by atoms with E-state index in [0.29, 0.717) is 29.0 Å². The van der Waals surface area contributed by atoms with Crippen molar-refractivity contribution in [3.05, 3.63) is 28.6 Å². The Morgan fingerprint density at radius 1 is 1.33 bits per heavy atom. The van der Waals surface area contributed by atoms with Crippen LogP contribution >= 0.6 is 22.9 Å². The minimum absolute atomic E-state index is 0.382. The first-order valence-electron chi connectivity index (χ1n) is 6.86. The number of fused-ring (bicyclic) bond motifs is 1. The smallest absolute Gasteiger partial charge is 0.244 e. The molecule has 1 aliphatic rings. The minimum Gasteiger partial charge on any atom is -0.317 e. The summed E-state index contributed by atoms with van der Waals surface area (Å²) in [5, 5.41) is 6.22. The SMILES string of the molecule is CNC1CCN(S(=O)(=O)c2csc3ccc(Cl)cc23)CC1. The van der Waals surface area contributed by atoms with Crippen LogP contribution in [0, 0.1) is 0 Å². The number of nitrogens with zero attached hydrogens (tertiary/aromatic N) is 1. The molecule has 0 bridgehead atoms. The molecule has 0 amide bonds. The van der Waals surface area contributed by atoms with Crippen LogP contribution in [0.25, 0.3) is 10.1 Å². The number of rotatable bonds is 3. The molecule has 0 atom stereocenters. The van der Waals surface area contributed by atoms with Gasteiger partial charge in [-0.2, -0.15) is 4.31 Å². The Hall–Kier alpha value is -0.660. The van der Waals surface area contributed by atoms with Crippen molar-refractivity contribution in [2.45, 2.75) is 23.8 Å². The van der Waals surface area contributed by atoms with Crippen molar-refractivity contribution in [1.29, 1.82) is 0 Å². The van der Waals surface area contributed by atoms with Gasteiger partial charge in [-0.1, -0.05) is 11.6 Å². The van der Waals surface area contributed by atoms with Crippen LogP contribution in [0.1, 0.15) is 12.8 Å². The number of benzene rings is 1. The minimum atomic E-state index is -3.44. The summed E-state index contributed by atoms with van der Waals surface area (Å²) >= 11 is 7.45. The number of nitrogens with one attached hydrogen (secondary N) is 1. The lowest BCUT2D eigenvalue weighted by Gasteiger charge is -2.30. The molecular formula is C14H17ClN2O2S2. The van der Waals surface area contributed by atoms with E-state index < -0.39 is 10.0 Å². The Labute approximate surface area is 133 Å². The third kappa shape index (κ3) is 2.83. The molecule has 0 radical (unpaired) electrons. The molecule has 1 saturated heterocycles. The van der Waals surface area contributed by atoms with Gasteiger partial charge in [0.15, 0.2) is 0 Å². The highest BCUT2D eigenvalue weighted by Crippen LogP contribution is 2.34. The fourth-order valence-electron chi connectivity index (χ4n) is 2.70. The molecule has 0 saturated carbocycles. The largest absolute Gasteiger partial charge is 0.317 e. The molecule has 3 rings (SSSR count). The Balaban J connectivity index is 1.95. The van der Waals surface area contributed by atoms with Crippen molar-refractivity contribution < 1.29 is 8.42 Å². The summed E-state index contributed by atoms with van der Waals surface area (Å²) in [6.45, 7) is 1.12. The highest BCUT2D eigenvalue weighted by atomic mass is 35.5. The molecule has 114 valence electrons. The van der Waals surface area contributed by atoms with E-state index in [1.807, 2.05) is 13.1 Å². The Morgan fingerprint density at radius 2 is 2.05 bits per heavy atom. The number of halogens is 1. The van der Waals surface area contributed by atoms with Crippen molar-refractivity contribution in [3.63, 3.8) is 0 Å². The van der Waals surface area contributed by atoms with Gasteiger partial charge in [0.2, 0.25) is 10.0 Å².